The lowest BCUT2D eigenvalue weighted by Crippen LogP contribution is -2.44. The van der Waals surface area contributed by atoms with Crippen LogP contribution in [0.3, 0.4) is 0 Å². The van der Waals surface area contributed by atoms with Gasteiger partial charge in [0.05, 0.1) is 18.3 Å². The number of hydrogen-bond donors (Lipinski definition) is 1. The molecule has 0 heterocycles. The van der Waals surface area contributed by atoms with Gasteiger partial charge in [0.1, 0.15) is 48.5 Å². The molecule has 0 saturated heterocycles. The lowest BCUT2D eigenvalue weighted by atomic mass is 9.92. The number of ether oxygens (including phenoxy) is 3. The Labute approximate surface area is 245 Å². The molecule has 2 N–H and O–H groups in total. The molecule has 43 heavy (non-hydrogen) atoms. The van der Waals surface area contributed by atoms with Crippen molar-refractivity contribution < 1.29 is 58.4 Å². The van der Waals surface area contributed by atoms with Crippen LogP contribution in [0.5, 0.6) is 11.5 Å². The van der Waals surface area contributed by atoms with Gasteiger partial charge in [-0.05, 0) is 36.4 Å². The third-order valence-corrected chi connectivity index (χ3v) is 5.41. The van der Waals surface area contributed by atoms with Crippen LogP contribution in [0.4, 0.5) is 0 Å². The first kappa shape index (κ1) is 33.5. The maximum atomic E-state index is 12.8. The van der Waals surface area contributed by atoms with Gasteiger partial charge in [-0.1, -0.05) is 24.4 Å². The third kappa shape index (κ3) is 11.8. The van der Waals surface area contributed by atoms with Crippen LogP contribution in [0.1, 0.15) is 28.8 Å². The maximum absolute atomic E-state index is 12.8. The minimum absolute atomic E-state index is 0.153. The summed E-state index contributed by atoms with van der Waals surface area (Å²) in [7, 11) is 0. The van der Waals surface area contributed by atoms with E-state index in [0.717, 1.165) is 0 Å². The van der Waals surface area contributed by atoms with Gasteiger partial charge in [0.25, 0.3) is 15.3 Å². The Morgan fingerprint density at radius 1 is 0.744 bits per heavy atom. The molecule has 0 aliphatic heterocycles. The number of carbonyl (C=O) groups excluding carboxylic acids is 3. The molecule has 2 aromatic carbocycles. The van der Waals surface area contributed by atoms with Crippen molar-refractivity contribution in [1.82, 2.24) is 0 Å². The van der Waals surface area contributed by atoms with Crippen LogP contribution in [0.2, 0.25) is 0 Å². The number of nitrogens with two attached hydrogens (primary N) is 1. The number of rotatable bonds is 18. The molecule has 0 radical (unpaired) electrons. The molecular weight excluding hydrogens is 604 g/mol. The molecule has 2 aromatic rings. The van der Waals surface area contributed by atoms with Crippen molar-refractivity contribution in [3.05, 3.63) is 90.0 Å². The van der Waals surface area contributed by atoms with E-state index < -0.39 is 77.9 Å². The van der Waals surface area contributed by atoms with Gasteiger partial charge in [0.15, 0.2) is 0 Å². The molecule has 0 saturated carbocycles. The van der Waals surface area contributed by atoms with Crippen molar-refractivity contribution in [3.63, 3.8) is 0 Å². The minimum atomic E-state index is -2.09. The second-order valence-corrected chi connectivity index (χ2v) is 8.84. The van der Waals surface area contributed by atoms with E-state index in [2.05, 4.69) is 14.5 Å². The van der Waals surface area contributed by atoms with Crippen LogP contribution in [-0.4, -0.2) is 64.6 Å². The Balaban J connectivity index is 2.06. The summed E-state index contributed by atoms with van der Waals surface area (Å²) >= 11 is 4.84. The lowest BCUT2D eigenvalue weighted by Gasteiger charge is -2.29. The number of carbonyl (C=O) groups is 3. The first-order chi connectivity index (χ1) is 20.3. The highest BCUT2D eigenvalue weighted by Crippen LogP contribution is 2.25. The zero-order chi connectivity index (χ0) is 32.0. The molecule has 230 valence electrons. The zero-order valence-electron chi connectivity index (χ0n) is 21.8. The van der Waals surface area contributed by atoms with Crippen LogP contribution in [0, 0.1) is 35.8 Å². The highest BCUT2D eigenvalue weighted by Gasteiger charge is 2.37. The summed E-state index contributed by atoms with van der Waals surface area (Å²) in [5.74, 6) is -3.04. The van der Waals surface area contributed by atoms with E-state index in [4.69, 9.17) is 32.2 Å². The Hall–Kier alpha value is -5.66. The lowest BCUT2D eigenvalue weighted by molar-refractivity contribution is -0.782. The van der Waals surface area contributed by atoms with Crippen LogP contribution >= 0.6 is 12.2 Å². The van der Waals surface area contributed by atoms with E-state index in [1.165, 1.54) is 36.4 Å². The minimum Gasteiger partial charge on any atom is -0.461 e. The molecule has 2 rings (SSSR count). The molecule has 0 fully saturated rings. The topological polar surface area (TPSA) is 262 Å². The van der Waals surface area contributed by atoms with Crippen LogP contribution < -0.4 is 15.2 Å². The molecule has 0 aromatic heterocycles. The van der Waals surface area contributed by atoms with Crippen molar-refractivity contribution in [2.24, 2.45) is 11.1 Å². The first-order valence-corrected chi connectivity index (χ1v) is 12.1. The summed E-state index contributed by atoms with van der Waals surface area (Å²) in [5.41, 5.74) is 3.62. The first-order valence-electron chi connectivity index (χ1n) is 11.7. The van der Waals surface area contributed by atoms with Crippen molar-refractivity contribution in [1.29, 1.82) is 0 Å². The van der Waals surface area contributed by atoms with Crippen molar-refractivity contribution >= 4 is 35.1 Å². The fourth-order valence-electron chi connectivity index (χ4n) is 3.09. The Kier molecular flexibility index (Phi) is 12.4. The van der Waals surface area contributed by atoms with E-state index in [1.54, 1.807) is 12.1 Å². The van der Waals surface area contributed by atoms with Crippen molar-refractivity contribution in [2.75, 3.05) is 26.4 Å². The Bertz CT molecular complexity index is 1320. The van der Waals surface area contributed by atoms with Gasteiger partial charge < -0.3 is 34.5 Å². The Morgan fingerprint density at radius 2 is 1.23 bits per heavy atom. The summed E-state index contributed by atoms with van der Waals surface area (Å²) in [6, 6.07) is 11.1. The highest BCUT2D eigenvalue weighted by atomic mass is 32.1. The quantitative estimate of drug-likeness (QED) is 0.0805. The molecule has 0 amide bonds. The summed E-state index contributed by atoms with van der Waals surface area (Å²) in [6.45, 7) is -4.15. The zero-order valence-corrected chi connectivity index (χ0v) is 22.6. The predicted molar refractivity (Wildman–Crippen MR) is 141 cm³/mol. The third-order valence-electron chi connectivity index (χ3n) is 5.17. The molecule has 0 spiro atoms. The fraction of sp³-hybridized carbons (Fsp3) is 0.304. The normalized spacial score (nSPS) is 10.5. The van der Waals surface area contributed by atoms with Gasteiger partial charge in [-0.2, -0.15) is 0 Å². The second kappa shape index (κ2) is 16.0. The van der Waals surface area contributed by atoms with Gasteiger partial charge in [-0.25, -0.2) is 4.79 Å². The highest BCUT2D eigenvalue weighted by molar-refractivity contribution is 7.80. The molecule has 0 unspecified atom stereocenters. The van der Waals surface area contributed by atoms with Gasteiger partial charge in [-0.3, -0.25) is 9.59 Å². The largest absolute Gasteiger partial charge is 0.461 e. The van der Waals surface area contributed by atoms with E-state index in [9.17, 15) is 44.7 Å². The summed E-state index contributed by atoms with van der Waals surface area (Å²) < 4.78 is 15.4. The van der Waals surface area contributed by atoms with Gasteiger partial charge in [0.2, 0.25) is 0 Å². The molecule has 0 aliphatic carbocycles. The van der Waals surface area contributed by atoms with E-state index in [-0.39, 0.29) is 22.1 Å². The summed E-state index contributed by atoms with van der Waals surface area (Å²) in [4.78, 5) is 82.1. The van der Waals surface area contributed by atoms with Crippen LogP contribution in [0.25, 0.3) is 0 Å². The standard InChI is InChI=1S/C23H22N4O15S/c24-21(43)15-5-7-16(8-6-15)41-19(28)9-10-20(29)42-18-4-2-1-3-17(18)22(30)37-11-23(12-38-25(31)32,13-39-26(33)34)14-40-27(35)36/h1-8H,9-14H2,(H2,24,43). The van der Waals surface area contributed by atoms with Crippen LogP contribution in [-0.2, 0) is 28.8 Å². The van der Waals surface area contributed by atoms with Crippen molar-refractivity contribution in [2.45, 2.75) is 12.8 Å². The molecule has 0 aliphatic rings. The number of hydrogen-bond acceptors (Lipinski definition) is 16. The van der Waals surface area contributed by atoms with Crippen molar-refractivity contribution in [3.8, 4) is 11.5 Å². The number of benzene rings is 2. The molecule has 20 heteroatoms. The van der Waals surface area contributed by atoms with Gasteiger partial charge in [-0.15, -0.1) is 30.3 Å². The van der Waals surface area contributed by atoms with E-state index in [1.807, 2.05) is 0 Å². The average molecular weight is 627 g/mol. The molecular formula is C23H22N4O15S. The number of para-hydroxylation sites is 1. The number of nitrogens with zero attached hydrogens (tertiary/aromatic N) is 3. The smallest absolute Gasteiger partial charge is 0.341 e. The number of thiocarbonyl (C=S) groups is 1. The van der Waals surface area contributed by atoms with E-state index >= 15 is 0 Å². The fourth-order valence-corrected chi connectivity index (χ4v) is 3.22. The average Bonchev–Trinajstić information content (AvgIpc) is 2.95. The number of esters is 3. The maximum Gasteiger partial charge on any atom is 0.341 e. The monoisotopic (exact) mass is 626 g/mol. The summed E-state index contributed by atoms with van der Waals surface area (Å²) in [6.07, 6.45) is -0.848. The Morgan fingerprint density at radius 3 is 1.72 bits per heavy atom. The van der Waals surface area contributed by atoms with Gasteiger partial charge >= 0.3 is 17.9 Å². The van der Waals surface area contributed by atoms with Gasteiger partial charge in [0, 0.05) is 5.56 Å². The molecule has 19 nitrogen and oxygen atoms in total. The SMILES string of the molecule is NC(=S)c1ccc(OC(=O)CCC(=O)Oc2ccccc2C(=O)OCC(CO[N+](=O)[O-])(CO[N+](=O)[O-])CO[N+](=O)[O-])cc1. The molecule has 0 bridgehead atoms. The molecule has 0 atom stereocenters. The van der Waals surface area contributed by atoms with E-state index in [0.29, 0.717) is 5.56 Å². The summed E-state index contributed by atoms with van der Waals surface area (Å²) in [5, 5.41) is 28.2. The predicted octanol–water partition coefficient (Wildman–Crippen LogP) is 1.38. The van der Waals surface area contributed by atoms with Crippen LogP contribution in [0.15, 0.2) is 48.5 Å². The second-order valence-electron chi connectivity index (χ2n) is 8.40.